The lowest BCUT2D eigenvalue weighted by atomic mass is 9.87. The maximum atomic E-state index is 12.8. The Balaban J connectivity index is 0.00000261. The van der Waals surface area contributed by atoms with Crippen LogP contribution in [0.2, 0.25) is 0 Å². The fraction of sp³-hybridized carbons (Fsp3) is 0.947. The summed E-state index contributed by atoms with van der Waals surface area (Å²) in [5.74, 6) is 1.14. The Morgan fingerprint density at radius 3 is 2.56 bits per heavy atom. The molecule has 0 aromatic rings. The molecule has 0 aromatic heterocycles. The molecule has 0 aromatic carbocycles. The molecule has 0 radical (unpaired) electrons. The van der Waals surface area contributed by atoms with Gasteiger partial charge < -0.3 is 10.2 Å². The Bertz CT molecular complexity index is 605. The first-order valence-corrected chi connectivity index (χ1v) is 12.1. The molecule has 1 aliphatic carbocycles. The van der Waals surface area contributed by atoms with E-state index in [9.17, 15) is 8.42 Å². The number of halogens is 1. The average Bonchev–Trinajstić information content (AvgIpc) is 2.66. The van der Waals surface area contributed by atoms with Crippen LogP contribution in [0, 0.1) is 0 Å². The van der Waals surface area contributed by atoms with Crippen LogP contribution in [0.1, 0.15) is 58.3 Å². The van der Waals surface area contributed by atoms with Gasteiger partial charge in [-0.2, -0.15) is 0 Å². The second kappa shape index (κ2) is 10.1. The highest BCUT2D eigenvalue weighted by atomic mass is 127. The number of nitrogens with zero attached hydrogens (tertiary/aromatic N) is 3. The SMILES string of the molecule is CCN1CCCCC1CNC(=NC)N1CCS(=O)(=O)C2(CCCCC2)C1.I. The number of piperidine rings is 1. The largest absolute Gasteiger partial charge is 0.355 e. The van der Waals surface area contributed by atoms with Crippen molar-refractivity contribution >= 4 is 39.8 Å². The summed E-state index contributed by atoms with van der Waals surface area (Å²) < 4.78 is 25.1. The predicted octanol–water partition coefficient (Wildman–Crippen LogP) is 2.49. The van der Waals surface area contributed by atoms with E-state index in [1.165, 1.54) is 32.2 Å². The van der Waals surface area contributed by atoms with Crippen LogP contribution in [0.3, 0.4) is 0 Å². The first-order chi connectivity index (χ1) is 12.5. The van der Waals surface area contributed by atoms with Gasteiger partial charge in [0.1, 0.15) is 0 Å². The van der Waals surface area contributed by atoms with Gasteiger partial charge in [-0.05, 0) is 38.8 Å². The Kier molecular flexibility index (Phi) is 8.67. The summed E-state index contributed by atoms with van der Waals surface area (Å²) in [5.41, 5.74) is 0. The smallest absolute Gasteiger partial charge is 0.193 e. The summed E-state index contributed by atoms with van der Waals surface area (Å²) in [6.45, 7) is 6.58. The van der Waals surface area contributed by atoms with Crippen molar-refractivity contribution in [2.24, 2.45) is 4.99 Å². The first kappa shape index (κ1) is 23.2. The molecule has 2 aliphatic heterocycles. The Morgan fingerprint density at radius 1 is 1.15 bits per heavy atom. The van der Waals surface area contributed by atoms with Gasteiger partial charge in [-0.15, -0.1) is 24.0 Å². The Hall–Kier alpha value is -0.0900. The molecule has 1 spiro atoms. The van der Waals surface area contributed by atoms with Gasteiger partial charge in [0, 0.05) is 32.7 Å². The van der Waals surface area contributed by atoms with Gasteiger partial charge in [-0.1, -0.05) is 32.6 Å². The van der Waals surface area contributed by atoms with E-state index in [2.05, 4.69) is 27.0 Å². The fourth-order valence-corrected chi connectivity index (χ4v) is 7.22. The normalized spacial score (nSPS) is 28.6. The van der Waals surface area contributed by atoms with E-state index in [1.807, 2.05) is 7.05 Å². The van der Waals surface area contributed by atoms with E-state index in [-0.39, 0.29) is 29.7 Å². The molecule has 3 fully saturated rings. The second-order valence-corrected chi connectivity index (χ2v) is 10.7. The van der Waals surface area contributed by atoms with Crippen LogP contribution in [0.25, 0.3) is 0 Å². The molecular formula is C19H37IN4O2S. The summed E-state index contributed by atoms with van der Waals surface area (Å²) >= 11 is 0. The molecule has 1 unspecified atom stereocenters. The molecule has 0 amide bonds. The van der Waals surface area contributed by atoms with E-state index in [1.54, 1.807) is 0 Å². The number of likely N-dealkylation sites (tertiary alicyclic amines) is 1. The average molecular weight is 513 g/mol. The number of aliphatic imine (C=N–C) groups is 1. The van der Waals surface area contributed by atoms with Crippen LogP contribution in [0.4, 0.5) is 0 Å². The van der Waals surface area contributed by atoms with Crippen molar-refractivity contribution in [1.82, 2.24) is 15.1 Å². The Labute approximate surface area is 182 Å². The van der Waals surface area contributed by atoms with Crippen molar-refractivity contribution in [1.29, 1.82) is 0 Å². The molecule has 1 atom stereocenters. The van der Waals surface area contributed by atoms with Gasteiger partial charge in [0.15, 0.2) is 15.8 Å². The van der Waals surface area contributed by atoms with Crippen LogP contribution in [0.15, 0.2) is 4.99 Å². The van der Waals surface area contributed by atoms with Crippen LogP contribution in [0.5, 0.6) is 0 Å². The van der Waals surface area contributed by atoms with Crippen LogP contribution in [-0.2, 0) is 9.84 Å². The molecule has 3 aliphatic rings. The van der Waals surface area contributed by atoms with Gasteiger partial charge in [0.2, 0.25) is 0 Å². The lowest BCUT2D eigenvalue weighted by Crippen LogP contribution is -2.61. The standard InChI is InChI=1S/C19H36N4O2S.HI/c1-3-22-12-8-5-9-17(22)15-21-18(20-2)23-13-14-26(24,25)19(16-23)10-6-4-7-11-19;/h17H,3-16H2,1-2H3,(H,20,21);1H. The zero-order valence-electron chi connectivity index (χ0n) is 17.0. The third kappa shape index (κ3) is 5.10. The van der Waals surface area contributed by atoms with Crippen molar-refractivity contribution in [2.75, 3.05) is 45.5 Å². The zero-order valence-corrected chi connectivity index (χ0v) is 20.1. The summed E-state index contributed by atoms with van der Waals surface area (Å²) in [7, 11) is -1.18. The van der Waals surface area contributed by atoms with Crippen molar-refractivity contribution in [3.05, 3.63) is 0 Å². The fourth-order valence-electron chi connectivity index (χ4n) is 5.07. The summed E-state index contributed by atoms with van der Waals surface area (Å²) in [6, 6.07) is 0.558. The summed E-state index contributed by atoms with van der Waals surface area (Å²) in [5, 5.41) is 3.56. The number of guanidine groups is 1. The molecule has 6 nitrogen and oxygen atoms in total. The molecule has 2 heterocycles. The highest BCUT2D eigenvalue weighted by molar-refractivity contribution is 14.0. The maximum absolute atomic E-state index is 12.8. The predicted molar refractivity (Wildman–Crippen MR) is 123 cm³/mol. The van der Waals surface area contributed by atoms with Crippen molar-refractivity contribution < 1.29 is 8.42 Å². The first-order valence-electron chi connectivity index (χ1n) is 10.4. The van der Waals surface area contributed by atoms with Gasteiger partial charge in [-0.25, -0.2) is 8.42 Å². The molecule has 8 heteroatoms. The minimum Gasteiger partial charge on any atom is -0.355 e. The third-order valence-corrected chi connectivity index (χ3v) is 9.27. The minimum absolute atomic E-state index is 0. The van der Waals surface area contributed by atoms with E-state index >= 15 is 0 Å². The number of rotatable bonds is 3. The van der Waals surface area contributed by atoms with Crippen LogP contribution in [-0.4, -0.2) is 80.5 Å². The monoisotopic (exact) mass is 512 g/mol. The lowest BCUT2D eigenvalue weighted by Gasteiger charge is -2.45. The van der Waals surface area contributed by atoms with E-state index < -0.39 is 14.6 Å². The molecule has 3 rings (SSSR count). The van der Waals surface area contributed by atoms with Gasteiger partial charge in [0.25, 0.3) is 0 Å². The van der Waals surface area contributed by atoms with Gasteiger partial charge in [-0.3, -0.25) is 9.89 Å². The molecule has 0 bridgehead atoms. The molecule has 27 heavy (non-hydrogen) atoms. The summed E-state index contributed by atoms with van der Waals surface area (Å²) in [6.07, 6.45) is 8.69. The van der Waals surface area contributed by atoms with E-state index in [4.69, 9.17) is 0 Å². The molecule has 1 saturated carbocycles. The summed E-state index contributed by atoms with van der Waals surface area (Å²) in [4.78, 5) is 9.24. The molecular weight excluding hydrogens is 475 g/mol. The van der Waals surface area contributed by atoms with Crippen molar-refractivity contribution in [2.45, 2.75) is 69.1 Å². The van der Waals surface area contributed by atoms with Crippen molar-refractivity contribution in [3.63, 3.8) is 0 Å². The van der Waals surface area contributed by atoms with Gasteiger partial charge in [0.05, 0.1) is 10.5 Å². The maximum Gasteiger partial charge on any atom is 0.193 e. The van der Waals surface area contributed by atoms with Crippen molar-refractivity contribution in [3.8, 4) is 0 Å². The minimum atomic E-state index is -3.00. The third-order valence-electron chi connectivity index (χ3n) is 6.70. The second-order valence-electron chi connectivity index (χ2n) is 8.19. The lowest BCUT2D eigenvalue weighted by molar-refractivity contribution is 0.156. The highest BCUT2D eigenvalue weighted by Crippen LogP contribution is 2.38. The van der Waals surface area contributed by atoms with E-state index in [0.29, 0.717) is 19.1 Å². The topological polar surface area (TPSA) is 65.0 Å². The molecule has 1 N–H and O–H groups in total. The van der Waals surface area contributed by atoms with E-state index in [0.717, 1.165) is 44.7 Å². The van der Waals surface area contributed by atoms with Gasteiger partial charge >= 0.3 is 0 Å². The van der Waals surface area contributed by atoms with Crippen LogP contribution < -0.4 is 5.32 Å². The number of hydrogen-bond donors (Lipinski definition) is 1. The number of hydrogen-bond acceptors (Lipinski definition) is 4. The Morgan fingerprint density at radius 2 is 1.89 bits per heavy atom. The molecule has 158 valence electrons. The number of nitrogens with one attached hydrogen (secondary N) is 1. The quantitative estimate of drug-likeness (QED) is 0.358. The molecule has 2 saturated heterocycles. The highest BCUT2D eigenvalue weighted by Gasteiger charge is 2.48. The number of sulfone groups is 1. The van der Waals surface area contributed by atoms with Crippen LogP contribution >= 0.6 is 24.0 Å². The zero-order chi connectivity index (χ0) is 18.6. The number of likely N-dealkylation sites (N-methyl/N-ethyl adjacent to an activating group) is 1.